The lowest BCUT2D eigenvalue weighted by Gasteiger charge is -2.01. The Hall–Kier alpha value is 0.170. The zero-order valence-electron chi connectivity index (χ0n) is 5.79. The molecule has 1 heterocycles. The minimum Gasteiger partial charge on any atom is -0.320 e. The molecule has 0 aliphatic carbocycles. The second-order valence-electron chi connectivity index (χ2n) is 1.89. The first-order valence-corrected chi connectivity index (χ1v) is 4.54. The van der Waals surface area contributed by atoms with Crippen LogP contribution in [-0.4, -0.2) is 0 Å². The molecule has 0 bridgehead atoms. The zero-order chi connectivity index (χ0) is 7.56. The van der Waals surface area contributed by atoms with E-state index in [4.69, 9.17) is 5.73 Å². The van der Waals surface area contributed by atoms with Crippen molar-refractivity contribution in [1.82, 2.24) is 0 Å². The van der Waals surface area contributed by atoms with Gasteiger partial charge in [-0.1, -0.05) is 6.08 Å². The van der Waals surface area contributed by atoms with Crippen LogP contribution in [0.25, 0.3) is 0 Å². The van der Waals surface area contributed by atoms with Crippen molar-refractivity contribution in [3.63, 3.8) is 0 Å². The molecule has 1 atom stereocenters. The maximum atomic E-state index is 5.70. The van der Waals surface area contributed by atoms with E-state index in [1.807, 2.05) is 11.4 Å². The van der Waals surface area contributed by atoms with Gasteiger partial charge in [0.05, 0.1) is 6.04 Å². The Morgan fingerprint density at radius 3 is 2.73 bits per heavy atom. The summed E-state index contributed by atoms with van der Waals surface area (Å²) in [5.74, 6) is 0. The topological polar surface area (TPSA) is 26.0 Å². The Labute approximate surface area is 84.8 Å². The lowest BCUT2D eigenvalue weighted by Crippen LogP contribution is -2.04. The molecule has 1 nitrogen and oxygen atoms in total. The molecule has 0 aromatic carbocycles. The second kappa shape index (κ2) is 4.93. The quantitative estimate of drug-likeness (QED) is 0.807. The molecular formula is C7H9BrClNS. The maximum Gasteiger partial charge on any atom is 0.0584 e. The normalized spacial score (nSPS) is 11.8. The minimum atomic E-state index is -0.0330. The van der Waals surface area contributed by atoms with E-state index >= 15 is 0 Å². The first-order valence-electron chi connectivity index (χ1n) is 2.86. The van der Waals surface area contributed by atoms with Crippen LogP contribution in [-0.2, 0) is 0 Å². The van der Waals surface area contributed by atoms with Crippen LogP contribution in [0.3, 0.4) is 0 Å². The number of hydrogen-bond acceptors (Lipinski definition) is 2. The molecule has 0 fully saturated rings. The van der Waals surface area contributed by atoms with Crippen LogP contribution in [0.4, 0.5) is 0 Å². The van der Waals surface area contributed by atoms with Crippen molar-refractivity contribution in [3.8, 4) is 0 Å². The third-order valence-corrected chi connectivity index (χ3v) is 3.17. The molecule has 62 valence electrons. The molecule has 2 N–H and O–H groups in total. The average molecular weight is 255 g/mol. The second-order valence-corrected chi connectivity index (χ2v) is 3.70. The molecule has 0 aliphatic heterocycles. The number of thiophene rings is 1. The first-order chi connectivity index (χ1) is 4.75. The fraction of sp³-hybridized carbons (Fsp3) is 0.143. The summed E-state index contributed by atoms with van der Waals surface area (Å²) in [6, 6.07) is 1.96. The molecule has 1 aromatic heterocycles. The van der Waals surface area contributed by atoms with Gasteiger partial charge in [-0.25, -0.2) is 0 Å². The van der Waals surface area contributed by atoms with Crippen molar-refractivity contribution in [2.45, 2.75) is 6.04 Å². The Morgan fingerprint density at radius 1 is 1.73 bits per heavy atom. The zero-order valence-corrected chi connectivity index (χ0v) is 9.01. The highest BCUT2D eigenvalue weighted by molar-refractivity contribution is 9.10. The molecule has 0 saturated heterocycles. The van der Waals surface area contributed by atoms with Gasteiger partial charge < -0.3 is 5.73 Å². The van der Waals surface area contributed by atoms with Crippen molar-refractivity contribution in [1.29, 1.82) is 0 Å². The molecule has 0 saturated carbocycles. The van der Waals surface area contributed by atoms with E-state index in [0.717, 1.165) is 9.35 Å². The molecule has 0 spiro atoms. The van der Waals surface area contributed by atoms with Crippen LogP contribution in [0.2, 0.25) is 0 Å². The first kappa shape index (κ1) is 11.2. The van der Waals surface area contributed by atoms with Gasteiger partial charge in [-0.2, -0.15) is 0 Å². The largest absolute Gasteiger partial charge is 0.320 e. The van der Waals surface area contributed by atoms with Crippen LogP contribution in [0.15, 0.2) is 28.6 Å². The smallest absolute Gasteiger partial charge is 0.0584 e. The van der Waals surface area contributed by atoms with Crippen LogP contribution in [0, 0.1) is 0 Å². The van der Waals surface area contributed by atoms with Crippen LogP contribution in [0.5, 0.6) is 0 Å². The summed E-state index contributed by atoms with van der Waals surface area (Å²) in [4.78, 5) is 1.13. The highest BCUT2D eigenvalue weighted by Crippen LogP contribution is 2.27. The third-order valence-electron chi connectivity index (χ3n) is 1.20. The summed E-state index contributed by atoms with van der Waals surface area (Å²) >= 11 is 5.03. The Morgan fingerprint density at radius 2 is 2.36 bits per heavy atom. The Bertz CT molecular complexity index is 236. The van der Waals surface area contributed by atoms with Gasteiger partial charge in [-0.05, 0) is 27.4 Å². The van der Waals surface area contributed by atoms with Gasteiger partial charge in [0.1, 0.15) is 0 Å². The summed E-state index contributed by atoms with van der Waals surface area (Å²) in [6.45, 7) is 3.62. The van der Waals surface area contributed by atoms with E-state index in [1.54, 1.807) is 17.4 Å². The maximum absolute atomic E-state index is 5.70. The Kier molecular flexibility index (Phi) is 5.01. The van der Waals surface area contributed by atoms with Crippen molar-refractivity contribution >= 4 is 39.7 Å². The molecular weight excluding hydrogens is 246 g/mol. The fourth-order valence-corrected chi connectivity index (χ4v) is 2.29. The van der Waals surface area contributed by atoms with E-state index in [9.17, 15) is 0 Å². The lowest BCUT2D eigenvalue weighted by molar-refractivity contribution is 0.934. The van der Waals surface area contributed by atoms with Crippen molar-refractivity contribution in [2.75, 3.05) is 0 Å². The molecule has 1 rings (SSSR count). The molecule has 1 aromatic rings. The predicted molar refractivity (Wildman–Crippen MR) is 56.4 cm³/mol. The molecule has 0 radical (unpaired) electrons. The predicted octanol–water partition coefficient (Wildman–Crippen LogP) is 3.12. The van der Waals surface area contributed by atoms with Crippen molar-refractivity contribution in [3.05, 3.63) is 33.5 Å². The summed E-state index contributed by atoms with van der Waals surface area (Å²) in [5.41, 5.74) is 5.70. The number of halogens is 2. The van der Waals surface area contributed by atoms with Gasteiger partial charge in [0, 0.05) is 9.35 Å². The Balaban J connectivity index is 0.000001000. The van der Waals surface area contributed by atoms with Gasteiger partial charge in [-0.15, -0.1) is 30.3 Å². The van der Waals surface area contributed by atoms with Gasteiger partial charge in [0.15, 0.2) is 0 Å². The highest BCUT2D eigenvalue weighted by atomic mass is 79.9. The lowest BCUT2D eigenvalue weighted by atomic mass is 10.2. The van der Waals surface area contributed by atoms with Gasteiger partial charge in [0.2, 0.25) is 0 Å². The third kappa shape index (κ3) is 2.60. The van der Waals surface area contributed by atoms with Crippen LogP contribution >= 0.6 is 39.7 Å². The van der Waals surface area contributed by atoms with Gasteiger partial charge in [-0.3, -0.25) is 0 Å². The van der Waals surface area contributed by atoms with Gasteiger partial charge >= 0.3 is 0 Å². The highest BCUT2D eigenvalue weighted by Gasteiger charge is 2.05. The van der Waals surface area contributed by atoms with Crippen LogP contribution < -0.4 is 5.73 Å². The summed E-state index contributed by atoms with van der Waals surface area (Å²) in [6.07, 6.45) is 1.73. The van der Waals surface area contributed by atoms with Crippen molar-refractivity contribution in [2.24, 2.45) is 5.73 Å². The number of rotatable bonds is 2. The van der Waals surface area contributed by atoms with E-state index < -0.39 is 0 Å². The van der Waals surface area contributed by atoms with Crippen LogP contribution in [0.1, 0.15) is 10.9 Å². The van der Waals surface area contributed by atoms with E-state index in [2.05, 4.69) is 22.5 Å². The summed E-state index contributed by atoms with van der Waals surface area (Å²) in [7, 11) is 0. The molecule has 0 unspecified atom stereocenters. The molecule has 11 heavy (non-hydrogen) atoms. The van der Waals surface area contributed by atoms with E-state index in [0.29, 0.717) is 0 Å². The molecule has 0 amide bonds. The SMILES string of the molecule is C=C[C@@H](N)c1sccc1Br.Cl. The molecule has 4 heteroatoms. The fourth-order valence-electron chi connectivity index (χ4n) is 0.650. The van der Waals surface area contributed by atoms with E-state index in [-0.39, 0.29) is 18.4 Å². The monoisotopic (exact) mass is 253 g/mol. The number of nitrogens with two attached hydrogens (primary N) is 1. The summed E-state index contributed by atoms with van der Waals surface area (Å²) in [5, 5.41) is 2.00. The average Bonchev–Trinajstić information content (AvgIpc) is 2.34. The van der Waals surface area contributed by atoms with E-state index in [1.165, 1.54) is 0 Å². The molecule has 0 aliphatic rings. The minimum absolute atomic E-state index is 0. The summed E-state index contributed by atoms with van der Waals surface area (Å²) < 4.78 is 1.07. The van der Waals surface area contributed by atoms with Crippen molar-refractivity contribution < 1.29 is 0 Å². The standard InChI is InChI=1S/C7H8BrNS.ClH/c1-2-6(9)7-5(8)3-4-10-7;/h2-4,6H,1,9H2;1H/t6-;/m1./s1. The number of hydrogen-bond donors (Lipinski definition) is 1. The van der Waals surface area contributed by atoms with Gasteiger partial charge in [0.25, 0.3) is 0 Å².